The summed E-state index contributed by atoms with van der Waals surface area (Å²) in [6, 6.07) is 7.02. The lowest BCUT2D eigenvalue weighted by Gasteiger charge is -2.11. The topological polar surface area (TPSA) is 42.2 Å². The fourth-order valence-electron chi connectivity index (χ4n) is 1.12. The van der Waals surface area contributed by atoms with Gasteiger partial charge in [-0.15, -0.1) is 0 Å². The molecule has 0 radical (unpaired) electrons. The molecule has 0 amide bonds. The molecule has 0 bridgehead atoms. The maximum Gasteiger partial charge on any atom is 0.162 e. The highest BCUT2D eigenvalue weighted by molar-refractivity contribution is 6.29. The minimum atomic E-state index is 0.216. The molecule has 0 atom stereocenters. The number of hydrogen-bond acceptors (Lipinski definition) is 3. The first-order valence-corrected chi connectivity index (χ1v) is 5.18. The normalized spacial score (nSPS) is 9.31. The number of nitrogens with zero attached hydrogens (tertiary/aromatic N) is 1. The molecule has 0 aliphatic heterocycles. The van der Waals surface area contributed by atoms with Crippen molar-refractivity contribution in [3.05, 3.63) is 35.4 Å². The van der Waals surface area contributed by atoms with Gasteiger partial charge in [-0.3, -0.25) is 0 Å². The Morgan fingerprint density at radius 1 is 1.44 bits per heavy atom. The summed E-state index contributed by atoms with van der Waals surface area (Å²) >= 11 is 5.60. The van der Waals surface area contributed by atoms with Crippen LogP contribution in [0, 0.1) is 11.3 Å². The van der Waals surface area contributed by atoms with Crippen LogP contribution in [-0.4, -0.2) is 13.2 Å². The van der Waals surface area contributed by atoms with E-state index in [1.807, 2.05) is 13.0 Å². The predicted octanol–water partition coefficient (Wildman–Crippen LogP) is 3.09. The zero-order valence-corrected chi connectivity index (χ0v) is 9.75. The molecular formula is C12H12ClNO2. The van der Waals surface area contributed by atoms with Gasteiger partial charge in [0.05, 0.1) is 18.2 Å². The molecule has 0 fully saturated rings. The first-order valence-electron chi connectivity index (χ1n) is 4.80. The third kappa shape index (κ3) is 3.48. The number of rotatable bonds is 5. The molecule has 1 aromatic carbocycles. The van der Waals surface area contributed by atoms with E-state index in [-0.39, 0.29) is 6.61 Å². The van der Waals surface area contributed by atoms with Crippen LogP contribution < -0.4 is 9.47 Å². The van der Waals surface area contributed by atoms with Gasteiger partial charge in [-0.2, -0.15) is 5.26 Å². The third-order valence-corrected chi connectivity index (χ3v) is 1.87. The van der Waals surface area contributed by atoms with E-state index in [9.17, 15) is 0 Å². The van der Waals surface area contributed by atoms with Gasteiger partial charge in [-0.1, -0.05) is 18.2 Å². The third-order valence-electron chi connectivity index (χ3n) is 1.76. The summed E-state index contributed by atoms with van der Waals surface area (Å²) in [5.41, 5.74) is 0.528. The molecule has 0 saturated carbocycles. The monoisotopic (exact) mass is 237 g/mol. The van der Waals surface area contributed by atoms with E-state index in [4.69, 9.17) is 26.3 Å². The van der Waals surface area contributed by atoms with Crippen molar-refractivity contribution in [3.8, 4) is 17.6 Å². The van der Waals surface area contributed by atoms with Crippen LogP contribution in [0.3, 0.4) is 0 Å². The Bertz CT molecular complexity index is 424. The van der Waals surface area contributed by atoms with Crippen LogP contribution in [-0.2, 0) is 0 Å². The van der Waals surface area contributed by atoms with Gasteiger partial charge in [0.15, 0.2) is 11.5 Å². The number of nitriles is 1. The second-order valence-electron chi connectivity index (χ2n) is 3.01. The number of halogens is 1. The quantitative estimate of drug-likeness (QED) is 0.790. The van der Waals surface area contributed by atoms with E-state index in [2.05, 4.69) is 6.58 Å². The Hall–Kier alpha value is -1.66. The van der Waals surface area contributed by atoms with E-state index in [1.165, 1.54) is 0 Å². The van der Waals surface area contributed by atoms with Gasteiger partial charge in [-0.25, -0.2) is 0 Å². The predicted molar refractivity (Wildman–Crippen MR) is 62.8 cm³/mol. The Morgan fingerprint density at radius 3 is 2.75 bits per heavy atom. The number of hydrogen-bond donors (Lipinski definition) is 0. The lowest BCUT2D eigenvalue weighted by atomic mass is 10.2. The molecule has 3 nitrogen and oxygen atoms in total. The van der Waals surface area contributed by atoms with Crippen LogP contribution >= 0.6 is 11.6 Å². The Morgan fingerprint density at radius 2 is 2.19 bits per heavy atom. The first-order chi connectivity index (χ1) is 7.67. The van der Waals surface area contributed by atoms with Crippen LogP contribution in [0.25, 0.3) is 0 Å². The zero-order valence-electron chi connectivity index (χ0n) is 9.00. The molecule has 84 valence electrons. The Kier molecular flexibility index (Phi) is 4.68. The minimum Gasteiger partial charge on any atom is -0.490 e. The fraction of sp³-hybridized carbons (Fsp3) is 0.250. The maximum atomic E-state index is 8.76. The van der Waals surface area contributed by atoms with Crippen molar-refractivity contribution < 1.29 is 9.47 Å². The molecule has 16 heavy (non-hydrogen) atoms. The van der Waals surface area contributed by atoms with Gasteiger partial charge < -0.3 is 9.47 Å². The molecule has 0 heterocycles. The van der Waals surface area contributed by atoms with E-state index in [1.54, 1.807) is 18.2 Å². The minimum absolute atomic E-state index is 0.216. The van der Waals surface area contributed by atoms with Crippen LogP contribution in [0.2, 0.25) is 0 Å². The van der Waals surface area contributed by atoms with Crippen molar-refractivity contribution in [2.75, 3.05) is 13.2 Å². The van der Waals surface area contributed by atoms with Gasteiger partial charge in [-0.05, 0) is 19.1 Å². The second kappa shape index (κ2) is 6.04. The second-order valence-corrected chi connectivity index (χ2v) is 3.55. The molecule has 0 aliphatic rings. The largest absolute Gasteiger partial charge is 0.490 e. The lowest BCUT2D eigenvalue weighted by Crippen LogP contribution is -2.00. The Labute approximate surface area is 99.9 Å². The SMILES string of the molecule is C=C(Cl)COc1ccc(C#N)cc1OCC. The number of benzene rings is 1. The average molecular weight is 238 g/mol. The molecule has 0 aromatic heterocycles. The highest BCUT2D eigenvalue weighted by atomic mass is 35.5. The summed E-state index contributed by atoms with van der Waals surface area (Å²) in [5.74, 6) is 1.10. The van der Waals surface area contributed by atoms with Crippen LogP contribution in [0.4, 0.5) is 0 Å². The molecule has 0 saturated heterocycles. The smallest absolute Gasteiger partial charge is 0.162 e. The zero-order chi connectivity index (χ0) is 12.0. The van der Waals surface area contributed by atoms with Crippen molar-refractivity contribution in [1.29, 1.82) is 5.26 Å². The van der Waals surface area contributed by atoms with Gasteiger partial charge in [0, 0.05) is 11.1 Å². The summed E-state index contributed by atoms with van der Waals surface area (Å²) in [4.78, 5) is 0. The van der Waals surface area contributed by atoms with Gasteiger partial charge >= 0.3 is 0 Å². The van der Waals surface area contributed by atoms with Gasteiger partial charge in [0.1, 0.15) is 6.61 Å². The molecular weight excluding hydrogens is 226 g/mol. The highest BCUT2D eigenvalue weighted by Crippen LogP contribution is 2.28. The van der Waals surface area contributed by atoms with Crippen LogP contribution in [0.5, 0.6) is 11.5 Å². The molecule has 0 aliphatic carbocycles. The maximum absolute atomic E-state index is 8.76. The van der Waals surface area contributed by atoms with Crippen molar-refractivity contribution in [2.45, 2.75) is 6.92 Å². The summed E-state index contributed by atoms with van der Waals surface area (Å²) in [6.45, 7) is 6.11. The molecule has 0 unspecified atom stereocenters. The van der Waals surface area contributed by atoms with Crippen molar-refractivity contribution >= 4 is 11.6 Å². The summed E-state index contributed by atoms with van der Waals surface area (Å²) in [5, 5.41) is 9.17. The van der Waals surface area contributed by atoms with Crippen molar-refractivity contribution in [1.82, 2.24) is 0 Å². The highest BCUT2D eigenvalue weighted by Gasteiger charge is 2.06. The summed E-state index contributed by atoms with van der Waals surface area (Å²) in [6.07, 6.45) is 0. The molecule has 4 heteroatoms. The first kappa shape index (κ1) is 12.4. The van der Waals surface area contributed by atoms with Gasteiger partial charge in [0.2, 0.25) is 0 Å². The molecule has 0 N–H and O–H groups in total. The lowest BCUT2D eigenvalue weighted by molar-refractivity contribution is 0.295. The van der Waals surface area contributed by atoms with E-state index in [0.29, 0.717) is 28.7 Å². The summed E-state index contributed by atoms with van der Waals surface area (Å²) < 4.78 is 10.7. The number of ether oxygens (including phenoxy) is 2. The van der Waals surface area contributed by atoms with Crippen molar-refractivity contribution in [2.24, 2.45) is 0 Å². The van der Waals surface area contributed by atoms with E-state index >= 15 is 0 Å². The molecule has 0 spiro atoms. The average Bonchev–Trinajstić information content (AvgIpc) is 2.27. The van der Waals surface area contributed by atoms with E-state index < -0.39 is 0 Å². The molecule has 1 aromatic rings. The van der Waals surface area contributed by atoms with E-state index in [0.717, 1.165) is 0 Å². The van der Waals surface area contributed by atoms with Crippen LogP contribution in [0.15, 0.2) is 29.8 Å². The van der Waals surface area contributed by atoms with Gasteiger partial charge in [0.25, 0.3) is 0 Å². The Balaban J connectivity index is 2.89. The standard InChI is InChI=1S/C12H12ClNO2/c1-3-15-12-6-10(7-14)4-5-11(12)16-8-9(2)13/h4-6H,2-3,8H2,1H3. The van der Waals surface area contributed by atoms with Crippen LogP contribution in [0.1, 0.15) is 12.5 Å². The van der Waals surface area contributed by atoms with Crippen molar-refractivity contribution in [3.63, 3.8) is 0 Å². The summed E-state index contributed by atoms with van der Waals surface area (Å²) in [7, 11) is 0. The molecule has 1 rings (SSSR count). The fourth-order valence-corrected chi connectivity index (χ4v) is 1.18.